The zero-order valence-corrected chi connectivity index (χ0v) is 55.8. The highest BCUT2D eigenvalue weighted by Gasteiger charge is 2.18. The van der Waals surface area contributed by atoms with Gasteiger partial charge in [-0.2, -0.15) is 0 Å². The van der Waals surface area contributed by atoms with E-state index < -0.39 is 12.1 Å². The Kier molecular flexibility index (Phi) is 70.4. The largest absolute Gasteiger partial charge is 0.466 e. The van der Waals surface area contributed by atoms with Gasteiger partial charge in [0.05, 0.1) is 25.4 Å². The van der Waals surface area contributed by atoms with E-state index in [2.05, 4.69) is 31.3 Å². The molecule has 0 aliphatic heterocycles. The molecule has 0 heterocycles. The van der Waals surface area contributed by atoms with Crippen molar-refractivity contribution < 1.29 is 24.5 Å². The molecule has 486 valence electrons. The van der Waals surface area contributed by atoms with Gasteiger partial charge in [-0.1, -0.05) is 378 Å². The first kappa shape index (κ1) is 80.3. The van der Waals surface area contributed by atoms with Gasteiger partial charge >= 0.3 is 5.97 Å². The third-order valence-corrected chi connectivity index (χ3v) is 17.7. The van der Waals surface area contributed by atoms with Crippen LogP contribution in [0.2, 0.25) is 0 Å². The van der Waals surface area contributed by atoms with Crippen LogP contribution in [0.1, 0.15) is 425 Å². The van der Waals surface area contributed by atoms with Gasteiger partial charge in [0.2, 0.25) is 5.91 Å². The normalized spacial score (nSPS) is 12.6. The number of hydrogen-bond donors (Lipinski definition) is 3. The summed E-state index contributed by atoms with van der Waals surface area (Å²) in [7, 11) is 0. The lowest BCUT2D eigenvalue weighted by Gasteiger charge is -2.20. The second-order valence-corrected chi connectivity index (χ2v) is 26.0. The number of hydrogen-bond acceptors (Lipinski definition) is 5. The minimum absolute atomic E-state index is 0.0206. The van der Waals surface area contributed by atoms with Gasteiger partial charge in [-0.3, -0.25) is 9.59 Å². The van der Waals surface area contributed by atoms with Gasteiger partial charge < -0.3 is 20.3 Å². The van der Waals surface area contributed by atoms with Crippen molar-refractivity contribution in [1.82, 2.24) is 5.32 Å². The van der Waals surface area contributed by atoms with Crippen LogP contribution in [-0.2, 0) is 14.3 Å². The lowest BCUT2D eigenvalue weighted by molar-refractivity contribution is -0.143. The second-order valence-electron chi connectivity index (χ2n) is 26.0. The first-order chi connectivity index (χ1) is 40.5. The van der Waals surface area contributed by atoms with Gasteiger partial charge in [0.1, 0.15) is 0 Å². The number of esters is 1. The number of rotatable bonds is 71. The van der Waals surface area contributed by atoms with Crippen LogP contribution in [0.5, 0.6) is 0 Å². The fraction of sp³-hybridized carbons (Fsp3) is 0.921. The van der Waals surface area contributed by atoms with E-state index in [0.29, 0.717) is 19.4 Å². The highest BCUT2D eigenvalue weighted by Crippen LogP contribution is 2.19. The Hall–Kier alpha value is -1.66. The summed E-state index contributed by atoms with van der Waals surface area (Å²) in [5.41, 5.74) is 0. The average molecular weight is 1160 g/mol. The third-order valence-electron chi connectivity index (χ3n) is 17.7. The number of nitrogens with one attached hydrogen (secondary N) is 1. The molecule has 0 aromatic carbocycles. The highest BCUT2D eigenvalue weighted by molar-refractivity contribution is 5.76. The van der Waals surface area contributed by atoms with Crippen LogP contribution in [0.4, 0.5) is 0 Å². The Labute approximate surface area is 513 Å². The molecular weight excluding hydrogens is 1010 g/mol. The van der Waals surface area contributed by atoms with E-state index in [4.69, 9.17) is 4.74 Å². The summed E-state index contributed by atoms with van der Waals surface area (Å²) in [6, 6.07) is -0.627. The standard InChI is InChI=1S/C76H147NO5/c1-3-5-7-9-11-13-15-17-19-20-21-34-37-41-44-48-52-56-60-64-68-74(79)73(72-78)77-75(80)69-65-61-57-53-49-45-42-38-35-32-30-28-26-24-22-23-25-27-29-31-33-36-39-43-47-51-55-59-63-67-71-82-76(81)70-66-62-58-54-50-46-40-18-16-14-12-10-8-6-4-2/h23,25,64,68,73-74,78-79H,3-22,24,26-63,65-67,69-72H2,1-2H3,(H,77,80)/b25-23-,68-64+. The predicted octanol–water partition coefficient (Wildman–Crippen LogP) is 24.5. The van der Waals surface area contributed by atoms with E-state index in [1.165, 1.54) is 360 Å². The Balaban J connectivity index is 3.38. The van der Waals surface area contributed by atoms with E-state index in [1.807, 2.05) is 6.08 Å². The summed E-state index contributed by atoms with van der Waals surface area (Å²) in [4.78, 5) is 24.6. The SMILES string of the molecule is CCCCCCCCCCCCCCCCCCCC/C=C/C(O)C(CO)NC(=O)CCCCCCCCCCCCCCCC/C=C\CCCCCCCCCCCCCCOC(=O)CCCCCCCCCCCCCCCCC. The maximum absolute atomic E-state index is 12.5. The van der Waals surface area contributed by atoms with Crippen molar-refractivity contribution in [2.75, 3.05) is 13.2 Å². The molecule has 0 aromatic rings. The van der Waals surface area contributed by atoms with Gasteiger partial charge in [0.15, 0.2) is 0 Å². The molecule has 6 nitrogen and oxygen atoms in total. The fourth-order valence-corrected chi connectivity index (χ4v) is 12.0. The number of aliphatic hydroxyl groups excluding tert-OH is 2. The number of amides is 1. The van der Waals surface area contributed by atoms with E-state index in [0.717, 1.165) is 38.5 Å². The highest BCUT2D eigenvalue weighted by atomic mass is 16.5. The lowest BCUT2D eigenvalue weighted by Crippen LogP contribution is -2.45. The van der Waals surface area contributed by atoms with Gasteiger partial charge in [-0.15, -0.1) is 0 Å². The minimum Gasteiger partial charge on any atom is -0.466 e. The fourth-order valence-electron chi connectivity index (χ4n) is 12.0. The molecule has 0 rings (SSSR count). The number of carbonyl (C=O) groups excluding carboxylic acids is 2. The molecular formula is C76H147NO5. The van der Waals surface area contributed by atoms with Crippen LogP contribution >= 0.6 is 0 Å². The number of unbranched alkanes of at least 4 members (excludes halogenated alkanes) is 58. The Bertz CT molecular complexity index is 1280. The van der Waals surface area contributed by atoms with Crippen LogP contribution in [0.25, 0.3) is 0 Å². The van der Waals surface area contributed by atoms with Gasteiger partial charge in [-0.25, -0.2) is 0 Å². The number of allylic oxidation sites excluding steroid dienone is 3. The molecule has 0 bridgehead atoms. The Morgan fingerprint density at radius 3 is 0.866 bits per heavy atom. The first-order valence-electron chi connectivity index (χ1n) is 37.6. The maximum atomic E-state index is 12.5. The van der Waals surface area contributed by atoms with Crippen LogP contribution in [0.3, 0.4) is 0 Å². The predicted molar refractivity (Wildman–Crippen MR) is 361 cm³/mol. The quantitative estimate of drug-likeness (QED) is 0.0320. The van der Waals surface area contributed by atoms with Gasteiger partial charge in [0.25, 0.3) is 0 Å². The lowest BCUT2D eigenvalue weighted by atomic mass is 10.0. The molecule has 0 aliphatic carbocycles. The molecule has 2 unspecified atom stereocenters. The second kappa shape index (κ2) is 71.8. The smallest absolute Gasteiger partial charge is 0.305 e. The molecule has 0 saturated heterocycles. The van der Waals surface area contributed by atoms with Gasteiger partial charge in [0, 0.05) is 12.8 Å². The molecule has 82 heavy (non-hydrogen) atoms. The molecule has 1 amide bonds. The summed E-state index contributed by atoms with van der Waals surface area (Å²) < 4.78 is 5.50. The van der Waals surface area contributed by atoms with Crippen LogP contribution in [0.15, 0.2) is 24.3 Å². The van der Waals surface area contributed by atoms with Crippen LogP contribution in [-0.4, -0.2) is 47.4 Å². The first-order valence-corrected chi connectivity index (χ1v) is 37.6. The Morgan fingerprint density at radius 2 is 0.573 bits per heavy atom. The molecule has 0 aliphatic rings. The summed E-state index contributed by atoms with van der Waals surface area (Å²) in [6.45, 7) is 4.95. The van der Waals surface area contributed by atoms with E-state index in [1.54, 1.807) is 6.08 Å². The van der Waals surface area contributed by atoms with Gasteiger partial charge in [-0.05, 0) is 57.8 Å². The number of ether oxygens (including phenoxy) is 1. The molecule has 2 atom stereocenters. The van der Waals surface area contributed by atoms with Crippen molar-refractivity contribution in [3.05, 3.63) is 24.3 Å². The summed E-state index contributed by atoms with van der Waals surface area (Å²) in [5.74, 6) is -0.0416. The Morgan fingerprint density at radius 1 is 0.329 bits per heavy atom. The van der Waals surface area contributed by atoms with Crippen molar-refractivity contribution in [1.29, 1.82) is 0 Å². The maximum Gasteiger partial charge on any atom is 0.305 e. The molecule has 0 saturated carbocycles. The van der Waals surface area contributed by atoms with Crippen molar-refractivity contribution in [2.24, 2.45) is 0 Å². The van der Waals surface area contributed by atoms with Crippen molar-refractivity contribution in [3.8, 4) is 0 Å². The van der Waals surface area contributed by atoms with E-state index in [9.17, 15) is 19.8 Å². The molecule has 6 heteroatoms. The monoisotopic (exact) mass is 1150 g/mol. The zero-order valence-electron chi connectivity index (χ0n) is 55.8. The average Bonchev–Trinajstić information content (AvgIpc) is 3.48. The minimum atomic E-state index is -0.844. The van der Waals surface area contributed by atoms with Crippen molar-refractivity contribution in [3.63, 3.8) is 0 Å². The molecule has 0 aromatic heterocycles. The number of aliphatic hydroxyl groups is 2. The molecule has 0 spiro atoms. The molecule has 0 fully saturated rings. The summed E-state index contributed by atoms with van der Waals surface area (Å²) in [5, 5.41) is 23.3. The summed E-state index contributed by atoms with van der Waals surface area (Å²) >= 11 is 0. The zero-order chi connectivity index (χ0) is 59.2. The van der Waals surface area contributed by atoms with Crippen LogP contribution in [0, 0.1) is 0 Å². The number of carbonyl (C=O) groups is 2. The van der Waals surface area contributed by atoms with E-state index >= 15 is 0 Å². The molecule has 3 N–H and O–H groups in total. The third kappa shape index (κ3) is 67.5. The topological polar surface area (TPSA) is 95.9 Å². The van der Waals surface area contributed by atoms with Crippen molar-refractivity contribution >= 4 is 11.9 Å². The summed E-state index contributed by atoms with van der Waals surface area (Å²) in [6.07, 6.45) is 91.3. The van der Waals surface area contributed by atoms with Crippen LogP contribution < -0.4 is 5.32 Å². The molecule has 0 radical (unpaired) electrons. The van der Waals surface area contributed by atoms with Crippen molar-refractivity contribution in [2.45, 2.75) is 437 Å². The van der Waals surface area contributed by atoms with E-state index in [-0.39, 0.29) is 18.5 Å².